The fraction of sp³-hybridized carbons (Fsp3) is 0.280. The molecule has 1 aliphatic rings. The molecule has 2 heterocycles. The van der Waals surface area contributed by atoms with Crippen LogP contribution >= 0.6 is 0 Å². The van der Waals surface area contributed by atoms with Gasteiger partial charge in [-0.2, -0.15) is 0 Å². The molecule has 0 bridgehead atoms. The Labute approximate surface area is 188 Å². The van der Waals surface area contributed by atoms with E-state index in [1.807, 2.05) is 30.3 Å². The zero-order valence-electron chi connectivity index (χ0n) is 18.3. The highest BCUT2D eigenvalue weighted by atomic mass is 16.5. The second-order valence-electron chi connectivity index (χ2n) is 7.92. The molecule has 0 atom stereocenters. The molecule has 0 saturated carbocycles. The second-order valence-corrected chi connectivity index (χ2v) is 7.92. The number of benzene rings is 2. The molecule has 3 aromatic rings. The van der Waals surface area contributed by atoms with Crippen LogP contribution in [0.25, 0.3) is 0 Å². The number of rotatable bonds is 8. The van der Waals surface area contributed by atoms with Crippen molar-refractivity contribution in [2.75, 3.05) is 41.8 Å². The van der Waals surface area contributed by atoms with Crippen LogP contribution in [0.2, 0.25) is 0 Å². The van der Waals surface area contributed by atoms with Crippen LogP contribution in [0.3, 0.4) is 0 Å². The van der Waals surface area contributed by atoms with Gasteiger partial charge in [0.15, 0.2) is 0 Å². The molecular weight excluding hydrogens is 402 g/mol. The molecule has 1 aromatic heterocycles. The summed E-state index contributed by atoms with van der Waals surface area (Å²) in [5.74, 6) is 0.315. The van der Waals surface area contributed by atoms with Gasteiger partial charge in [-0.1, -0.05) is 24.3 Å². The van der Waals surface area contributed by atoms with Gasteiger partial charge in [-0.05, 0) is 42.3 Å². The minimum atomic E-state index is -0.384. The molecule has 0 aliphatic carbocycles. The summed E-state index contributed by atoms with van der Waals surface area (Å²) in [6, 6.07) is 18.4. The summed E-state index contributed by atoms with van der Waals surface area (Å²) in [6.45, 7) is 6.08. The fourth-order valence-corrected chi connectivity index (χ4v) is 3.77. The third-order valence-corrected chi connectivity index (χ3v) is 5.60. The van der Waals surface area contributed by atoms with Crippen molar-refractivity contribution in [2.24, 2.45) is 5.73 Å². The number of hydrogen-bond acceptors (Lipinski definition) is 6. The van der Waals surface area contributed by atoms with Crippen LogP contribution in [-0.2, 0) is 22.5 Å². The van der Waals surface area contributed by atoms with Crippen molar-refractivity contribution in [3.05, 3.63) is 77.5 Å². The van der Waals surface area contributed by atoms with Crippen molar-refractivity contribution >= 4 is 28.8 Å². The number of nitrogens with two attached hydrogens (primary N) is 1. The quantitative estimate of drug-likeness (QED) is 0.505. The lowest BCUT2D eigenvalue weighted by Crippen LogP contribution is -2.36. The number of aryl methyl sites for hydroxylation is 1. The van der Waals surface area contributed by atoms with Crippen LogP contribution in [0, 0.1) is 6.92 Å². The highest BCUT2D eigenvalue weighted by Gasteiger charge is 2.12. The number of primary amides is 1. The molecule has 1 amide bonds. The first-order chi connectivity index (χ1) is 15.6. The normalized spacial score (nSPS) is 13.6. The standard InChI is InChI=1S/C25H29N5O2/c1-18-4-2-3-5-19(18)16-27-23-15-25(28-17-20(23)14-24(26)31)29-21-6-8-22(9-7-21)30-10-12-32-13-11-30/h2-9,15,17H,10-14,16H2,1H3,(H2,26,31)(H2,27,28,29). The van der Waals surface area contributed by atoms with E-state index in [9.17, 15) is 4.79 Å². The predicted molar refractivity (Wildman–Crippen MR) is 128 cm³/mol. The molecule has 4 rings (SSSR count). The highest BCUT2D eigenvalue weighted by Crippen LogP contribution is 2.25. The third-order valence-electron chi connectivity index (χ3n) is 5.60. The smallest absolute Gasteiger partial charge is 0.221 e. The van der Waals surface area contributed by atoms with E-state index in [4.69, 9.17) is 10.5 Å². The van der Waals surface area contributed by atoms with Gasteiger partial charge in [0.25, 0.3) is 0 Å². The second kappa shape index (κ2) is 10.2. The molecule has 1 aliphatic heterocycles. The number of nitrogens with zero attached hydrogens (tertiary/aromatic N) is 2. The Morgan fingerprint density at radius 3 is 2.56 bits per heavy atom. The van der Waals surface area contributed by atoms with Gasteiger partial charge in [0.1, 0.15) is 5.82 Å². The lowest BCUT2D eigenvalue weighted by Gasteiger charge is -2.28. The topological polar surface area (TPSA) is 92.5 Å². The summed E-state index contributed by atoms with van der Waals surface area (Å²) >= 11 is 0. The number of ether oxygens (including phenoxy) is 1. The van der Waals surface area contributed by atoms with E-state index in [1.165, 1.54) is 16.8 Å². The molecule has 4 N–H and O–H groups in total. The average Bonchev–Trinajstić information content (AvgIpc) is 2.81. The number of amides is 1. The summed E-state index contributed by atoms with van der Waals surface area (Å²) < 4.78 is 5.43. The van der Waals surface area contributed by atoms with Gasteiger partial charge in [0.05, 0.1) is 19.6 Å². The Hall–Kier alpha value is -3.58. The summed E-state index contributed by atoms with van der Waals surface area (Å²) in [5, 5.41) is 6.80. The summed E-state index contributed by atoms with van der Waals surface area (Å²) in [7, 11) is 0. The average molecular weight is 432 g/mol. The predicted octanol–water partition coefficient (Wildman–Crippen LogP) is 3.61. The van der Waals surface area contributed by atoms with Gasteiger partial charge in [-0.3, -0.25) is 4.79 Å². The van der Waals surface area contributed by atoms with E-state index in [-0.39, 0.29) is 12.3 Å². The number of nitrogens with one attached hydrogen (secondary N) is 2. The lowest BCUT2D eigenvalue weighted by atomic mass is 10.1. The van der Waals surface area contributed by atoms with Gasteiger partial charge in [-0.25, -0.2) is 4.98 Å². The Bertz CT molecular complexity index is 1060. The zero-order chi connectivity index (χ0) is 22.3. The number of pyridine rings is 1. The maximum atomic E-state index is 11.5. The number of aromatic nitrogens is 1. The summed E-state index contributed by atoms with van der Waals surface area (Å²) in [4.78, 5) is 18.3. The molecule has 7 heteroatoms. The van der Waals surface area contributed by atoms with Gasteiger partial charge in [0.2, 0.25) is 5.91 Å². The molecule has 32 heavy (non-hydrogen) atoms. The van der Waals surface area contributed by atoms with Crippen LogP contribution in [0.1, 0.15) is 16.7 Å². The molecule has 7 nitrogen and oxygen atoms in total. The number of hydrogen-bond donors (Lipinski definition) is 3. The van der Waals surface area contributed by atoms with E-state index in [2.05, 4.69) is 51.7 Å². The molecule has 0 radical (unpaired) electrons. The van der Waals surface area contributed by atoms with E-state index >= 15 is 0 Å². The SMILES string of the molecule is Cc1ccccc1CNc1cc(Nc2ccc(N3CCOCC3)cc2)ncc1CC(N)=O. The van der Waals surface area contributed by atoms with Crippen molar-refractivity contribution in [1.82, 2.24) is 4.98 Å². The van der Waals surface area contributed by atoms with E-state index in [0.717, 1.165) is 43.2 Å². The number of morpholine rings is 1. The Kier molecular flexibility index (Phi) is 6.87. The maximum absolute atomic E-state index is 11.5. The fourth-order valence-electron chi connectivity index (χ4n) is 3.77. The molecule has 166 valence electrons. The van der Waals surface area contributed by atoms with Crippen LogP contribution in [0.5, 0.6) is 0 Å². The Balaban J connectivity index is 1.49. The van der Waals surface area contributed by atoms with E-state index in [1.54, 1.807) is 6.20 Å². The van der Waals surface area contributed by atoms with Crippen LogP contribution in [-0.4, -0.2) is 37.2 Å². The van der Waals surface area contributed by atoms with Gasteiger partial charge in [0, 0.05) is 54.5 Å². The number of carbonyl (C=O) groups excluding carboxylic acids is 1. The Morgan fingerprint density at radius 2 is 1.84 bits per heavy atom. The minimum absolute atomic E-state index is 0.137. The first kappa shape index (κ1) is 21.6. The number of anilines is 4. The van der Waals surface area contributed by atoms with Crippen LogP contribution in [0.4, 0.5) is 22.9 Å². The van der Waals surface area contributed by atoms with E-state index < -0.39 is 0 Å². The van der Waals surface area contributed by atoms with E-state index in [0.29, 0.717) is 12.4 Å². The van der Waals surface area contributed by atoms with Gasteiger partial charge >= 0.3 is 0 Å². The first-order valence-electron chi connectivity index (χ1n) is 10.8. The van der Waals surface area contributed by atoms with Crippen LogP contribution < -0.4 is 21.3 Å². The molecular formula is C25H29N5O2. The summed E-state index contributed by atoms with van der Waals surface area (Å²) in [5.41, 5.74) is 11.6. The molecule has 0 unspecified atom stereocenters. The largest absolute Gasteiger partial charge is 0.381 e. The first-order valence-corrected chi connectivity index (χ1v) is 10.8. The Morgan fingerprint density at radius 1 is 1.09 bits per heavy atom. The van der Waals surface area contributed by atoms with Crippen molar-refractivity contribution in [2.45, 2.75) is 19.9 Å². The summed E-state index contributed by atoms with van der Waals surface area (Å²) in [6.07, 6.45) is 1.84. The zero-order valence-corrected chi connectivity index (χ0v) is 18.3. The molecule has 1 saturated heterocycles. The van der Waals surface area contributed by atoms with Gasteiger partial charge < -0.3 is 26.0 Å². The van der Waals surface area contributed by atoms with Crippen LogP contribution in [0.15, 0.2) is 60.8 Å². The van der Waals surface area contributed by atoms with Crippen molar-refractivity contribution in [3.8, 4) is 0 Å². The van der Waals surface area contributed by atoms with Crippen molar-refractivity contribution < 1.29 is 9.53 Å². The van der Waals surface area contributed by atoms with Crippen molar-refractivity contribution in [1.29, 1.82) is 0 Å². The molecule has 0 spiro atoms. The maximum Gasteiger partial charge on any atom is 0.221 e. The lowest BCUT2D eigenvalue weighted by molar-refractivity contribution is -0.117. The minimum Gasteiger partial charge on any atom is -0.381 e. The highest BCUT2D eigenvalue weighted by molar-refractivity contribution is 5.79. The van der Waals surface area contributed by atoms with Crippen molar-refractivity contribution in [3.63, 3.8) is 0 Å². The third kappa shape index (κ3) is 5.56. The monoisotopic (exact) mass is 431 g/mol. The number of carbonyl (C=O) groups is 1. The molecule has 2 aromatic carbocycles. The van der Waals surface area contributed by atoms with Gasteiger partial charge in [-0.15, -0.1) is 0 Å². The molecule has 1 fully saturated rings.